The van der Waals surface area contributed by atoms with Gasteiger partial charge in [-0.05, 0) is 50.5 Å². The first kappa shape index (κ1) is 12.3. The summed E-state index contributed by atoms with van der Waals surface area (Å²) < 4.78 is 0. The van der Waals surface area contributed by atoms with E-state index in [4.69, 9.17) is 0 Å². The standard InChI is InChI=1S/C15H18OS/c1-9-5-6-10(2)13(7-9)15(16)14-8-11(3)17-12(14)4/h5-8,15-16H,1-4H3. The Bertz CT molecular complexity index is 540. The minimum atomic E-state index is -0.500. The monoisotopic (exact) mass is 246 g/mol. The first-order chi connectivity index (χ1) is 7.99. The van der Waals surface area contributed by atoms with Gasteiger partial charge in [-0.1, -0.05) is 23.8 Å². The van der Waals surface area contributed by atoms with Gasteiger partial charge in [-0.3, -0.25) is 0 Å². The Morgan fingerprint density at radius 1 is 1.00 bits per heavy atom. The minimum absolute atomic E-state index is 0.500. The Labute approximate surface area is 107 Å². The molecule has 0 aliphatic carbocycles. The SMILES string of the molecule is Cc1ccc(C)c(C(O)c2cc(C)sc2C)c1. The number of aryl methyl sites for hydroxylation is 4. The number of aliphatic hydroxyl groups excluding tert-OH is 1. The van der Waals surface area contributed by atoms with Gasteiger partial charge in [0.2, 0.25) is 0 Å². The average molecular weight is 246 g/mol. The van der Waals surface area contributed by atoms with E-state index in [9.17, 15) is 5.11 Å². The van der Waals surface area contributed by atoms with Crippen molar-refractivity contribution in [2.24, 2.45) is 0 Å². The molecule has 0 amide bonds. The quantitative estimate of drug-likeness (QED) is 0.847. The summed E-state index contributed by atoms with van der Waals surface area (Å²) >= 11 is 1.74. The van der Waals surface area contributed by atoms with E-state index in [1.807, 2.05) is 6.92 Å². The fourth-order valence-corrected chi connectivity index (χ4v) is 3.10. The molecule has 0 spiro atoms. The van der Waals surface area contributed by atoms with Gasteiger partial charge in [0.1, 0.15) is 6.10 Å². The molecular weight excluding hydrogens is 228 g/mol. The minimum Gasteiger partial charge on any atom is -0.384 e. The van der Waals surface area contributed by atoms with Crippen molar-refractivity contribution in [2.45, 2.75) is 33.8 Å². The van der Waals surface area contributed by atoms with Crippen LogP contribution in [0.1, 0.15) is 38.1 Å². The van der Waals surface area contributed by atoms with Gasteiger partial charge in [-0.2, -0.15) is 0 Å². The van der Waals surface area contributed by atoms with Gasteiger partial charge in [0.05, 0.1) is 0 Å². The molecule has 1 aromatic carbocycles. The molecule has 1 nitrogen and oxygen atoms in total. The zero-order chi connectivity index (χ0) is 12.6. The Morgan fingerprint density at radius 3 is 2.29 bits per heavy atom. The summed E-state index contributed by atoms with van der Waals surface area (Å²) in [4.78, 5) is 2.46. The molecule has 1 atom stereocenters. The third-order valence-electron chi connectivity index (χ3n) is 3.10. The summed E-state index contributed by atoms with van der Waals surface area (Å²) in [7, 11) is 0. The Balaban J connectivity index is 2.46. The van der Waals surface area contributed by atoms with E-state index in [1.165, 1.54) is 15.3 Å². The molecule has 0 aliphatic rings. The van der Waals surface area contributed by atoms with E-state index in [2.05, 4.69) is 45.0 Å². The summed E-state index contributed by atoms with van der Waals surface area (Å²) in [5.41, 5.74) is 4.40. The third-order valence-corrected chi connectivity index (χ3v) is 4.09. The van der Waals surface area contributed by atoms with E-state index in [1.54, 1.807) is 11.3 Å². The number of hydrogen-bond acceptors (Lipinski definition) is 2. The second kappa shape index (κ2) is 4.63. The van der Waals surface area contributed by atoms with Crippen LogP contribution in [0.4, 0.5) is 0 Å². The van der Waals surface area contributed by atoms with Crippen LogP contribution in [0.2, 0.25) is 0 Å². The molecule has 0 bridgehead atoms. The molecule has 17 heavy (non-hydrogen) atoms. The maximum Gasteiger partial charge on any atom is 0.105 e. The van der Waals surface area contributed by atoms with E-state index in [0.717, 1.165) is 16.7 Å². The van der Waals surface area contributed by atoms with Gasteiger partial charge in [-0.15, -0.1) is 11.3 Å². The normalized spacial score (nSPS) is 12.8. The zero-order valence-electron chi connectivity index (χ0n) is 10.7. The third kappa shape index (κ3) is 2.43. The van der Waals surface area contributed by atoms with Gasteiger partial charge < -0.3 is 5.11 Å². The van der Waals surface area contributed by atoms with Crippen LogP contribution in [0.25, 0.3) is 0 Å². The summed E-state index contributed by atoms with van der Waals surface area (Å²) in [5.74, 6) is 0. The fourth-order valence-electron chi connectivity index (χ4n) is 2.14. The van der Waals surface area contributed by atoms with Crippen molar-refractivity contribution in [1.29, 1.82) is 0 Å². The highest BCUT2D eigenvalue weighted by Gasteiger charge is 2.16. The van der Waals surface area contributed by atoms with Crippen LogP contribution in [0, 0.1) is 27.7 Å². The summed E-state index contributed by atoms with van der Waals surface area (Å²) in [6, 6.07) is 8.32. The Hall–Kier alpha value is -1.12. The van der Waals surface area contributed by atoms with Gasteiger partial charge in [0.25, 0.3) is 0 Å². The van der Waals surface area contributed by atoms with Crippen LogP contribution in [0.15, 0.2) is 24.3 Å². The molecule has 0 saturated carbocycles. The van der Waals surface area contributed by atoms with Crippen LogP contribution in [0.5, 0.6) is 0 Å². The van der Waals surface area contributed by atoms with E-state index in [0.29, 0.717) is 0 Å². The molecule has 90 valence electrons. The molecule has 2 aromatic rings. The smallest absolute Gasteiger partial charge is 0.105 e. The zero-order valence-corrected chi connectivity index (χ0v) is 11.6. The van der Waals surface area contributed by atoms with Gasteiger partial charge in [0.15, 0.2) is 0 Å². The van der Waals surface area contributed by atoms with E-state index in [-0.39, 0.29) is 0 Å². The fraction of sp³-hybridized carbons (Fsp3) is 0.333. The molecule has 0 fully saturated rings. The van der Waals surface area contributed by atoms with Crippen LogP contribution in [-0.4, -0.2) is 5.11 Å². The van der Waals surface area contributed by atoms with E-state index < -0.39 is 6.10 Å². The van der Waals surface area contributed by atoms with Crippen molar-refractivity contribution in [3.05, 3.63) is 56.3 Å². The van der Waals surface area contributed by atoms with Crippen molar-refractivity contribution < 1.29 is 5.11 Å². The number of thiophene rings is 1. The van der Waals surface area contributed by atoms with Crippen molar-refractivity contribution in [3.63, 3.8) is 0 Å². The van der Waals surface area contributed by atoms with Crippen molar-refractivity contribution in [3.8, 4) is 0 Å². The molecule has 1 unspecified atom stereocenters. The van der Waals surface area contributed by atoms with Crippen molar-refractivity contribution >= 4 is 11.3 Å². The Morgan fingerprint density at radius 2 is 1.71 bits per heavy atom. The molecule has 0 radical (unpaired) electrons. The van der Waals surface area contributed by atoms with Gasteiger partial charge >= 0.3 is 0 Å². The molecule has 2 heteroatoms. The van der Waals surface area contributed by atoms with Crippen LogP contribution < -0.4 is 0 Å². The molecule has 1 N–H and O–H groups in total. The lowest BCUT2D eigenvalue weighted by Gasteiger charge is -2.14. The highest BCUT2D eigenvalue weighted by atomic mass is 32.1. The number of rotatable bonds is 2. The van der Waals surface area contributed by atoms with Gasteiger partial charge in [-0.25, -0.2) is 0 Å². The average Bonchev–Trinajstić information content (AvgIpc) is 2.60. The lowest BCUT2D eigenvalue weighted by atomic mass is 9.96. The highest BCUT2D eigenvalue weighted by Crippen LogP contribution is 2.32. The molecule has 1 aromatic heterocycles. The second-order valence-corrected chi connectivity index (χ2v) is 6.09. The molecule has 1 heterocycles. The largest absolute Gasteiger partial charge is 0.384 e. The topological polar surface area (TPSA) is 20.2 Å². The summed E-state index contributed by atoms with van der Waals surface area (Å²) in [5, 5.41) is 10.5. The van der Waals surface area contributed by atoms with Crippen molar-refractivity contribution in [2.75, 3.05) is 0 Å². The van der Waals surface area contributed by atoms with E-state index >= 15 is 0 Å². The number of hydrogen-bond donors (Lipinski definition) is 1. The molecular formula is C15H18OS. The maximum atomic E-state index is 10.5. The van der Waals surface area contributed by atoms with Crippen molar-refractivity contribution in [1.82, 2.24) is 0 Å². The Kier molecular flexibility index (Phi) is 3.36. The first-order valence-corrected chi connectivity index (χ1v) is 6.63. The van der Waals surface area contributed by atoms with Crippen LogP contribution >= 0.6 is 11.3 Å². The molecule has 0 aliphatic heterocycles. The van der Waals surface area contributed by atoms with Crippen LogP contribution in [-0.2, 0) is 0 Å². The number of aliphatic hydroxyl groups is 1. The molecule has 0 saturated heterocycles. The first-order valence-electron chi connectivity index (χ1n) is 5.81. The summed E-state index contributed by atoms with van der Waals surface area (Å²) in [6.07, 6.45) is -0.500. The van der Waals surface area contributed by atoms with Gasteiger partial charge in [0, 0.05) is 9.75 Å². The second-order valence-electron chi connectivity index (χ2n) is 4.63. The predicted molar refractivity (Wildman–Crippen MR) is 73.8 cm³/mol. The lowest BCUT2D eigenvalue weighted by Crippen LogP contribution is -2.02. The number of benzene rings is 1. The van der Waals surface area contributed by atoms with Crippen LogP contribution in [0.3, 0.4) is 0 Å². The highest BCUT2D eigenvalue weighted by molar-refractivity contribution is 7.12. The summed E-state index contributed by atoms with van der Waals surface area (Å²) in [6.45, 7) is 8.26. The lowest BCUT2D eigenvalue weighted by molar-refractivity contribution is 0.219. The predicted octanol–water partition coefficient (Wildman–Crippen LogP) is 4.06. The molecule has 2 rings (SSSR count). The maximum absolute atomic E-state index is 10.5.